The SMILES string of the molecule is C=C.C=CC(=CC(=C)C)CC.C=CC(=CC(=C)C=CC(=C)C=C(C=C)[N+](=O)[O-])CCc1ccnc(C)c1.C=CC1C=C(C)CCc2cccc(c2)Nc2cc(ccn2)CC1.C=Cc1cccc([N+](=O)[O-])c1.Cc1cccc(CCc2ccnc(C)c2)c1.Cc1ccnc(C)c1. The number of benzene rings is 3. The lowest BCUT2D eigenvalue weighted by Gasteiger charge is -2.13. The number of rotatable bonds is 19. The lowest BCUT2D eigenvalue weighted by molar-refractivity contribution is -0.419. The molecule has 1 unspecified atom stereocenters. The van der Waals surface area contributed by atoms with Crippen LogP contribution in [0.4, 0.5) is 17.2 Å². The molecule has 0 aliphatic carbocycles. The molecule has 4 bridgehead atoms. The molecule has 4 aromatic heterocycles. The van der Waals surface area contributed by atoms with Gasteiger partial charge in [0.05, 0.1) is 9.85 Å². The highest BCUT2D eigenvalue weighted by Crippen LogP contribution is 2.23. The molecule has 95 heavy (non-hydrogen) atoms. The van der Waals surface area contributed by atoms with Crippen LogP contribution in [-0.4, -0.2) is 29.8 Å². The van der Waals surface area contributed by atoms with Crippen LogP contribution >= 0.6 is 0 Å². The van der Waals surface area contributed by atoms with Gasteiger partial charge < -0.3 is 5.32 Å². The molecule has 0 spiro atoms. The molecule has 0 saturated carbocycles. The molecule has 7 aromatic rings. The Bertz CT molecular complexity index is 3780. The molecule has 0 radical (unpaired) electrons. The standard InChI is InChI=1S/C22H24N2O2.C21H24N2.C15H17N.C9H14.C8H7NO2.C7H9N.C2H4/c1-6-20(10-11-21-12-13-23-19(5)16-21)14-17(3)8-9-18(4)15-22(7-2)24(25)26;1-3-17-9-10-19-11-12-22-21(15-19)23-20-6-4-5-18(14-20)8-7-16(2)13-17;1-12-4-3-5-14(10-12)6-7-15-8-9-16-13(2)11-15;1-5-9(6-2)7-8(3)4;1-2-7-4-3-5-8(6-7)9(10)11;1-6-3-4-8-7(2)5-6;1-2/h6-9,12-16H,1-4,10-11H2,5H3;3-6,11-15,17H,1,7-10H2,2H3,(H,22,23);3-5,8-11H,6-7H2,1-2H3;5,7H,1,3,6H2,2,4H3;2-6H,1H2;3-5H,1-2H3;1-2H2. The van der Waals surface area contributed by atoms with Crippen LogP contribution in [0.15, 0.2) is 312 Å². The van der Waals surface area contributed by atoms with E-state index < -0.39 is 9.85 Å². The fourth-order valence-corrected chi connectivity index (χ4v) is 9.24. The van der Waals surface area contributed by atoms with Crippen molar-refractivity contribution in [3.8, 4) is 0 Å². The zero-order valence-electron chi connectivity index (χ0n) is 57.5. The Morgan fingerprint density at radius 3 is 1.67 bits per heavy atom. The number of hydrogen-bond acceptors (Lipinski definition) is 9. The number of aryl methyl sites for hydroxylation is 10. The van der Waals surface area contributed by atoms with Crippen LogP contribution < -0.4 is 5.32 Å². The molecule has 11 nitrogen and oxygen atoms in total. The molecule has 8 rings (SSSR count). The first-order chi connectivity index (χ1) is 45.5. The van der Waals surface area contributed by atoms with Gasteiger partial charge in [0.25, 0.3) is 11.4 Å². The quantitative estimate of drug-likeness (QED) is 0.0361. The van der Waals surface area contributed by atoms with Crippen LogP contribution in [0.3, 0.4) is 0 Å². The Morgan fingerprint density at radius 2 is 1.15 bits per heavy atom. The van der Waals surface area contributed by atoms with Crippen LogP contribution in [0.2, 0.25) is 0 Å². The van der Waals surface area contributed by atoms with E-state index in [0.717, 1.165) is 109 Å². The highest BCUT2D eigenvalue weighted by Gasteiger charge is 2.09. The second-order valence-corrected chi connectivity index (χ2v) is 22.5. The monoisotopic (exact) mass is 1270 g/mol. The summed E-state index contributed by atoms with van der Waals surface area (Å²) in [7, 11) is 0. The number of allylic oxidation sites excluding steroid dienone is 16. The molecule has 1 atom stereocenters. The second-order valence-electron chi connectivity index (χ2n) is 22.5. The number of anilines is 2. The number of nitro groups is 2. The minimum absolute atomic E-state index is 0.0970. The molecule has 5 heterocycles. The van der Waals surface area contributed by atoms with Gasteiger partial charge in [-0.25, -0.2) is 4.98 Å². The van der Waals surface area contributed by atoms with Crippen molar-refractivity contribution in [2.45, 2.75) is 113 Å². The van der Waals surface area contributed by atoms with Crippen molar-refractivity contribution >= 4 is 23.3 Å². The number of hydrogen-bond donors (Lipinski definition) is 1. The van der Waals surface area contributed by atoms with Crippen molar-refractivity contribution in [2.75, 3.05) is 5.32 Å². The van der Waals surface area contributed by atoms with Gasteiger partial charge in [-0.15, -0.1) is 19.7 Å². The van der Waals surface area contributed by atoms with E-state index in [4.69, 9.17) is 0 Å². The summed E-state index contributed by atoms with van der Waals surface area (Å²) < 4.78 is 0. The fraction of sp³-hybridized carbons (Fsp3) is 0.214. The fourth-order valence-electron chi connectivity index (χ4n) is 9.24. The second kappa shape index (κ2) is 46.3. The lowest BCUT2D eigenvalue weighted by Crippen LogP contribution is -2.00. The first kappa shape index (κ1) is 80.3. The van der Waals surface area contributed by atoms with Crippen molar-refractivity contribution in [3.63, 3.8) is 0 Å². The molecule has 0 fully saturated rings. The zero-order chi connectivity index (χ0) is 70.5. The van der Waals surface area contributed by atoms with E-state index in [1.807, 2.05) is 88.9 Å². The lowest BCUT2D eigenvalue weighted by atomic mass is 9.95. The maximum Gasteiger partial charge on any atom is 0.270 e. The van der Waals surface area contributed by atoms with Crippen LogP contribution in [0.1, 0.15) is 108 Å². The third-order valence-corrected chi connectivity index (χ3v) is 14.2. The molecule has 1 aliphatic heterocycles. The van der Waals surface area contributed by atoms with Crippen LogP contribution in [-0.2, 0) is 32.1 Å². The Kier molecular flexibility index (Phi) is 39.1. The molecule has 11 heteroatoms. The number of pyridine rings is 4. The average molecular weight is 1270 g/mol. The van der Waals surface area contributed by atoms with E-state index in [-0.39, 0.29) is 11.4 Å². The van der Waals surface area contributed by atoms with Gasteiger partial charge >= 0.3 is 0 Å². The maximum absolute atomic E-state index is 10.8. The summed E-state index contributed by atoms with van der Waals surface area (Å²) in [5.74, 6) is 1.35. The van der Waals surface area contributed by atoms with Crippen molar-refractivity contribution in [1.82, 2.24) is 19.9 Å². The summed E-state index contributed by atoms with van der Waals surface area (Å²) in [6, 6.07) is 40.3. The van der Waals surface area contributed by atoms with Gasteiger partial charge in [0.2, 0.25) is 0 Å². The topological polar surface area (TPSA) is 150 Å². The van der Waals surface area contributed by atoms with Crippen LogP contribution in [0, 0.1) is 60.8 Å². The normalized spacial score (nSPS) is 12.4. The van der Waals surface area contributed by atoms with Gasteiger partial charge in [0, 0.05) is 71.8 Å². The van der Waals surface area contributed by atoms with Gasteiger partial charge in [-0.1, -0.05) is 173 Å². The Labute approximate surface area is 568 Å². The Balaban J connectivity index is 0.000000405. The van der Waals surface area contributed by atoms with Crippen LogP contribution in [0.5, 0.6) is 0 Å². The van der Waals surface area contributed by atoms with Gasteiger partial charge in [0.1, 0.15) is 5.82 Å². The third kappa shape index (κ3) is 35.6. The van der Waals surface area contributed by atoms with E-state index in [1.165, 1.54) is 74.4 Å². The summed E-state index contributed by atoms with van der Waals surface area (Å²) >= 11 is 0. The molecule has 1 aliphatic rings. The highest BCUT2D eigenvalue weighted by molar-refractivity contribution is 5.58. The smallest absolute Gasteiger partial charge is 0.270 e. The summed E-state index contributed by atoms with van der Waals surface area (Å²) in [6.45, 7) is 52.5. The van der Waals surface area contributed by atoms with Crippen molar-refractivity contribution < 1.29 is 9.85 Å². The zero-order valence-corrected chi connectivity index (χ0v) is 57.5. The summed E-state index contributed by atoms with van der Waals surface area (Å²) in [6.07, 6.45) is 36.3. The largest absolute Gasteiger partial charge is 0.340 e. The maximum atomic E-state index is 10.8. The highest BCUT2D eigenvalue weighted by atomic mass is 16.6. The van der Waals surface area contributed by atoms with E-state index >= 15 is 0 Å². The number of nitro benzene ring substituents is 1. The van der Waals surface area contributed by atoms with Crippen molar-refractivity contribution in [2.24, 2.45) is 5.92 Å². The summed E-state index contributed by atoms with van der Waals surface area (Å²) in [5.41, 5.74) is 20.5. The van der Waals surface area contributed by atoms with Gasteiger partial charge in [-0.3, -0.25) is 35.2 Å². The van der Waals surface area contributed by atoms with Gasteiger partial charge in [-0.05, 0) is 234 Å². The van der Waals surface area contributed by atoms with E-state index in [9.17, 15) is 20.2 Å². The summed E-state index contributed by atoms with van der Waals surface area (Å²) in [5, 5.41) is 24.4. The number of nitrogens with zero attached hydrogens (tertiary/aromatic N) is 6. The number of aromatic nitrogens is 4. The number of nitrogens with one attached hydrogen (secondary N) is 1. The average Bonchev–Trinajstić information content (AvgIpc) is 1.12. The van der Waals surface area contributed by atoms with E-state index in [1.54, 1.807) is 30.4 Å². The molecule has 3 aromatic carbocycles. The Morgan fingerprint density at radius 1 is 0.579 bits per heavy atom. The van der Waals surface area contributed by atoms with Gasteiger partial charge in [0.15, 0.2) is 0 Å². The van der Waals surface area contributed by atoms with Crippen LogP contribution in [0.25, 0.3) is 6.08 Å². The molecular formula is C84H99N7O4. The molecule has 1 N–H and O–H groups in total. The molecule has 0 saturated heterocycles. The van der Waals surface area contributed by atoms with E-state index in [0.29, 0.717) is 11.5 Å². The molecule has 494 valence electrons. The predicted molar refractivity (Wildman–Crippen MR) is 405 cm³/mol. The van der Waals surface area contributed by atoms with E-state index in [2.05, 4.69) is 216 Å². The first-order valence-corrected chi connectivity index (χ1v) is 31.7. The number of fused-ring (bicyclic) bond motifs is 4. The van der Waals surface area contributed by atoms with Crippen molar-refractivity contribution in [3.05, 3.63) is 394 Å². The Hall–Kier alpha value is -10.8. The summed E-state index contributed by atoms with van der Waals surface area (Å²) in [4.78, 5) is 37.0. The minimum atomic E-state index is -0.503. The first-order valence-electron chi connectivity index (χ1n) is 31.7. The molecular weight excluding hydrogens is 1170 g/mol. The number of non-ortho nitro benzene ring substituents is 1. The predicted octanol–water partition coefficient (Wildman–Crippen LogP) is 22.2. The third-order valence-electron chi connectivity index (χ3n) is 14.2. The van der Waals surface area contributed by atoms with Crippen molar-refractivity contribution in [1.29, 1.82) is 0 Å². The van der Waals surface area contributed by atoms with Gasteiger partial charge in [-0.2, -0.15) is 0 Å². The molecule has 0 amide bonds. The minimum Gasteiger partial charge on any atom is -0.340 e.